The largest absolute Gasteiger partial charge is 0.410 e. The summed E-state index contributed by atoms with van der Waals surface area (Å²) in [5, 5.41) is 4.07. The van der Waals surface area contributed by atoms with Crippen molar-refractivity contribution in [3.63, 3.8) is 0 Å². The fourth-order valence-electron chi connectivity index (χ4n) is 4.46. The van der Waals surface area contributed by atoms with Gasteiger partial charge in [-0.3, -0.25) is 0 Å². The second-order valence-corrected chi connectivity index (χ2v) is 9.81. The Morgan fingerprint density at radius 1 is 1.25 bits per heavy atom. The highest BCUT2D eigenvalue weighted by Crippen LogP contribution is 2.41. The van der Waals surface area contributed by atoms with E-state index in [9.17, 15) is 13.2 Å². The zero-order valence-corrected chi connectivity index (χ0v) is 18.7. The number of alkyl halides is 3. The molecule has 32 heavy (non-hydrogen) atoms. The van der Waals surface area contributed by atoms with Crippen molar-refractivity contribution in [2.24, 2.45) is 0 Å². The number of fused-ring (bicyclic) bond motifs is 1. The lowest BCUT2D eigenvalue weighted by Gasteiger charge is -2.44. The molecule has 1 aliphatic carbocycles. The lowest BCUT2D eigenvalue weighted by Crippen LogP contribution is -2.58. The van der Waals surface area contributed by atoms with E-state index in [2.05, 4.69) is 27.9 Å². The summed E-state index contributed by atoms with van der Waals surface area (Å²) >= 11 is 1.46. The first-order valence-electron chi connectivity index (χ1n) is 10.9. The molecule has 0 bridgehead atoms. The number of aromatic amines is 1. The van der Waals surface area contributed by atoms with Gasteiger partial charge in [0, 0.05) is 48.4 Å². The summed E-state index contributed by atoms with van der Waals surface area (Å²) in [5.74, 6) is 1.76. The topological polar surface area (TPSA) is 47.2 Å². The minimum absolute atomic E-state index is 0.0609. The van der Waals surface area contributed by atoms with Crippen molar-refractivity contribution in [2.75, 3.05) is 25.4 Å². The van der Waals surface area contributed by atoms with E-state index in [1.165, 1.54) is 35.4 Å². The summed E-state index contributed by atoms with van der Waals surface area (Å²) in [6.45, 7) is 6.77. The molecule has 1 atom stereocenters. The van der Waals surface area contributed by atoms with E-state index in [0.717, 1.165) is 27.9 Å². The van der Waals surface area contributed by atoms with Crippen molar-refractivity contribution in [3.8, 4) is 0 Å². The third-order valence-electron chi connectivity index (χ3n) is 6.13. The van der Waals surface area contributed by atoms with Gasteiger partial charge in [0.05, 0.1) is 0 Å². The maximum atomic E-state index is 14.0. The number of nitrogens with one attached hydrogen (secondary N) is 2. The first-order chi connectivity index (χ1) is 15.3. The number of dihydropyridines is 1. The number of hydrogen-bond acceptors (Lipinski definition) is 5. The summed E-state index contributed by atoms with van der Waals surface area (Å²) in [4.78, 5) is 9.30. The van der Waals surface area contributed by atoms with Crippen LogP contribution in [0.1, 0.15) is 36.9 Å². The molecule has 0 aromatic carbocycles. The zero-order chi connectivity index (χ0) is 22.5. The van der Waals surface area contributed by atoms with Crippen LogP contribution in [0.4, 0.5) is 13.2 Å². The molecular weight excluding hydrogens is 435 g/mol. The molecule has 1 unspecified atom stereocenters. The monoisotopic (exact) mass is 461 g/mol. The van der Waals surface area contributed by atoms with Crippen LogP contribution >= 0.6 is 11.9 Å². The average molecular weight is 462 g/mol. The lowest BCUT2D eigenvalue weighted by atomic mass is 9.99. The number of H-pyrrole nitrogens is 1. The second-order valence-electron chi connectivity index (χ2n) is 8.46. The normalized spacial score (nSPS) is 22.7. The van der Waals surface area contributed by atoms with Crippen LogP contribution in [0.3, 0.4) is 0 Å². The van der Waals surface area contributed by atoms with Crippen LogP contribution in [0, 0.1) is 0 Å². The van der Waals surface area contributed by atoms with E-state index in [0.29, 0.717) is 24.0 Å². The van der Waals surface area contributed by atoms with Crippen molar-refractivity contribution in [1.29, 1.82) is 0 Å². The number of halogens is 3. The standard InChI is InChI=1S/C23H26F3N5S/c1-3-32-30-8-9-31(20(13-30)23(24,25)26)21-11-16(10-14(2)28-21)17-6-7-27-22-18(17)12-19(29-22)15-4-5-15/h6-7,10-12,15,20,28H,2-5,8-9,13H2,1H3,(H,27,29). The van der Waals surface area contributed by atoms with Crippen molar-refractivity contribution in [1.82, 2.24) is 24.5 Å². The van der Waals surface area contributed by atoms with Crippen molar-refractivity contribution in [3.05, 3.63) is 59.8 Å². The van der Waals surface area contributed by atoms with Gasteiger partial charge in [0.25, 0.3) is 0 Å². The molecule has 0 spiro atoms. The van der Waals surface area contributed by atoms with Crippen LogP contribution in [-0.4, -0.2) is 56.8 Å². The Kier molecular flexibility index (Phi) is 5.49. The van der Waals surface area contributed by atoms with Crippen LogP contribution in [0.15, 0.2) is 48.6 Å². The molecule has 4 heterocycles. The number of aromatic nitrogens is 2. The summed E-state index contributed by atoms with van der Waals surface area (Å²) in [7, 11) is 0. The maximum absolute atomic E-state index is 14.0. The molecular formula is C23H26F3N5S. The third-order valence-corrected chi connectivity index (χ3v) is 7.09. The van der Waals surface area contributed by atoms with Gasteiger partial charge in [-0.2, -0.15) is 13.2 Å². The highest BCUT2D eigenvalue weighted by molar-refractivity contribution is 7.96. The molecule has 2 fully saturated rings. The molecule has 2 aromatic rings. The number of rotatable bonds is 5. The summed E-state index contributed by atoms with van der Waals surface area (Å²) in [6, 6.07) is 2.48. The number of piperazine rings is 1. The van der Waals surface area contributed by atoms with Crippen molar-refractivity contribution in [2.45, 2.75) is 37.9 Å². The van der Waals surface area contributed by atoms with E-state index in [1.807, 2.05) is 29.4 Å². The molecule has 0 radical (unpaired) electrons. The molecule has 3 aliphatic rings. The van der Waals surface area contributed by atoms with Crippen molar-refractivity contribution >= 4 is 28.6 Å². The zero-order valence-electron chi connectivity index (χ0n) is 17.9. The summed E-state index contributed by atoms with van der Waals surface area (Å²) in [5.41, 5.74) is 4.35. The minimum Gasteiger partial charge on any atom is -0.344 e. The van der Waals surface area contributed by atoms with Gasteiger partial charge in [0.1, 0.15) is 17.5 Å². The fourth-order valence-corrected chi connectivity index (χ4v) is 5.29. The van der Waals surface area contributed by atoms with E-state index in [1.54, 1.807) is 6.20 Å². The van der Waals surface area contributed by atoms with Crippen LogP contribution in [0.5, 0.6) is 0 Å². The fraction of sp³-hybridized carbons (Fsp3) is 0.435. The Morgan fingerprint density at radius 3 is 2.78 bits per heavy atom. The van der Waals surface area contributed by atoms with Gasteiger partial charge in [0.15, 0.2) is 0 Å². The average Bonchev–Trinajstić information content (AvgIpc) is 3.51. The Balaban J connectivity index is 1.50. The van der Waals surface area contributed by atoms with Gasteiger partial charge in [-0.05, 0) is 54.2 Å². The molecule has 1 saturated carbocycles. The summed E-state index contributed by atoms with van der Waals surface area (Å²) in [6.07, 6.45) is 3.46. The van der Waals surface area contributed by atoms with Gasteiger partial charge in [-0.15, -0.1) is 0 Å². The Labute approximate surface area is 189 Å². The summed E-state index contributed by atoms with van der Waals surface area (Å²) < 4.78 is 43.8. The Morgan fingerprint density at radius 2 is 2.06 bits per heavy atom. The van der Waals surface area contributed by atoms with Gasteiger partial charge in [0.2, 0.25) is 0 Å². The smallest absolute Gasteiger partial charge is 0.344 e. The quantitative estimate of drug-likeness (QED) is 0.614. The second kappa shape index (κ2) is 8.19. The highest BCUT2D eigenvalue weighted by Gasteiger charge is 2.47. The van der Waals surface area contributed by atoms with E-state index in [4.69, 9.17) is 0 Å². The lowest BCUT2D eigenvalue weighted by molar-refractivity contribution is -0.187. The molecule has 9 heteroatoms. The molecule has 2 N–H and O–H groups in total. The highest BCUT2D eigenvalue weighted by atomic mass is 32.2. The Hall–Kier alpha value is -2.39. The maximum Gasteiger partial charge on any atom is 0.410 e. The van der Waals surface area contributed by atoms with E-state index < -0.39 is 12.2 Å². The number of hydrogen-bond donors (Lipinski definition) is 2. The number of pyridine rings is 1. The SMILES string of the molecule is C=C1C=C(c2ccnc3[nH]c(C4CC4)cc23)C=C(N2CCN(SCC)CC2C(F)(F)F)N1. The Bertz CT molecular complexity index is 1100. The number of nitrogens with zero attached hydrogens (tertiary/aromatic N) is 3. The van der Waals surface area contributed by atoms with Crippen LogP contribution in [0.25, 0.3) is 16.6 Å². The van der Waals surface area contributed by atoms with Crippen LogP contribution < -0.4 is 5.32 Å². The molecule has 2 aromatic heterocycles. The van der Waals surface area contributed by atoms with Crippen molar-refractivity contribution < 1.29 is 13.2 Å². The first kappa shape index (κ1) is 21.5. The molecule has 1 saturated heterocycles. The molecule has 0 amide bonds. The van der Waals surface area contributed by atoms with Gasteiger partial charge >= 0.3 is 6.18 Å². The van der Waals surface area contributed by atoms with E-state index in [-0.39, 0.29) is 13.1 Å². The minimum atomic E-state index is -4.33. The third kappa shape index (κ3) is 4.15. The first-order valence-corrected chi connectivity index (χ1v) is 11.9. The van der Waals surface area contributed by atoms with Crippen LogP contribution in [-0.2, 0) is 0 Å². The number of allylic oxidation sites excluding steroid dienone is 3. The van der Waals surface area contributed by atoms with E-state index >= 15 is 0 Å². The van der Waals surface area contributed by atoms with Crippen LogP contribution in [0.2, 0.25) is 0 Å². The van der Waals surface area contributed by atoms with Gasteiger partial charge in [-0.1, -0.05) is 25.5 Å². The molecule has 170 valence electrons. The molecule has 2 aliphatic heterocycles. The van der Waals surface area contributed by atoms with Gasteiger partial charge < -0.3 is 15.2 Å². The predicted molar refractivity (Wildman–Crippen MR) is 123 cm³/mol. The predicted octanol–water partition coefficient (Wildman–Crippen LogP) is 5.00. The molecule has 5 rings (SSSR count). The van der Waals surface area contributed by atoms with Gasteiger partial charge in [-0.25, -0.2) is 9.29 Å². The molecule has 5 nitrogen and oxygen atoms in total.